The van der Waals surface area contributed by atoms with Gasteiger partial charge in [0.15, 0.2) is 0 Å². The second-order valence-electron chi connectivity index (χ2n) is 10.2. The molecule has 0 aliphatic heterocycles. The van der Waals surface area contributed by atoms with Crippen LogP contribution in [-0.2, 0) is 11.2 Å². The van der Waals surface area contributed by atoms with Crippen molar-refractivity contribution in [1.82, 2.24) is 24.6 Å². The molecule has 0 unspecified atom stereocenters. The van der Waals surface area contributed by atoms with E-state index in [-0.39, 0.29) is 19.5 Å². The summed E-state index contributed by atoms with van der Waals surface area (Å²) < 4.78 is 7.46. The first kappa shape index (κ1) is 35.8. The Bertz CT molecular complexity index is 1020. The van der Waals surface area contributed by atoms with Crippen molar-refractivity contribution in [3.8, 4) is 0 Å². The molecular weight excluding hydrogens is 490 g/mol. The highest BCUT2D eigenvalue weighted by molar-refractivity contribution is 5.94. The van der Waals surface area contributed by atoms with Gasteiger partial charge in [-0.2, -0.15) is 0 Å². The van der Waals surface area contributed by atoms with Gasteiger partial charge in [0.25, 0.3) is 5.91 Å². The molecule has 1 atom stereocenters. The number of hydrogen-bond donors (Lipinski definition) is 0. The summed E-state index contributed by atoms with van der Waals surface area (Å²) >= 11 is 0. The van der Waals surface area contributed by atoms with Gasteiger partial charge in [-0.3, -0.25) is 9.36 Å². The number of hydrogen-bond acceptors (Lipinski definition) is 5. The lowest BCUT2D eigenvalue weighted by Gasteiger charge is -2.31. The molecule has 2 aromatic rings. The largest absolute Gasteiger partial charge is 0.444 e. The Morgan fingerprint density at radius 2 is 1.54 bits per heavy atom. The molecule has 0 aliphatic carbocycles. The third-order valence-corrected chi connectivity index (χ3v) is 5.74. The molecule has 2 rings (SSSR count). The van der Waals surface area contributed by atoms with Gasteiger partial charge >= 0.3 is 6.09 Å². The van der Waals surface area contributed by atoms with Gasteiger partial charge in [0.05, 0.1) is 0 Å². The van der Waals surface area contributed by atoms with E-state index in [4.69, 9.17) is 4.74 Å². The monoisotopic (exact) mass is 545 g/mol. The van der Waals surface area contributed by atoms with Gasteiger partial charge in [-0.15, -0.1) is 10.2 Å². The summed E-state index contributed by atoms with van der Waals surface area (Å²) in [5.74, 6) is 1.58. The number of ether oxygens (including phenoxy) is 1. The van der Waals surface area contributed by atoms with E-state index in [1.54, 1.807) is 23.9 Å². The number of aromatic nitrogens is 3. The van der Waals surface area contributed by atoms with Crippen molar-refractivity contribution in [3.63, 3.8) is 0 Å². The SMILES string of the molecule is CC.CC.CCC[C@@H](Cc1ccc(C(=O)N(C)C/C(C)=C/n2c(C)nnc2C)cc1)N(C)C(=O)OC(C)(C)C.[HH]. The second-order valence-corrected chi connectivity index (χ2v) is 10.2. The van der Waals surface area contributed by atoms with Crippen molar-refractivity contribution < 1.29 is 15.8 Å². The molecule has 0 radical (unpaired) electrons. The van der Waals surface area contributed by atoms with E-state index in [2.05, 4.69) is 17.1 Å². The molecule has 1 aromatic carbocycles. The number of carbonyl (C=O) groups excluding carboxylic acids is 2. The molecule has 0 fully saturated rings. The molecule has 0 bridgehead atoms. The Labute approximate surface area is 238 Å². The van der Waals surface area contributed by atoms with Crippen LogP contribution in [0.25, 0.3) is 6.20 Å². The van der Waals surface area contributed by atoms with Crippen molar-refractivity contribution >= 4 is 18.2 Å². The normalized spacial score (nSPS) is 11.9. The second kappa shape index (κ2) is 17.4. The Morgan fingerprint density at radius 1 is 1.03 bits per heavy atom. The van der Waals surface area contributed by atoms with Gasteiger partial charge in [-0.05, 0) is 77.7 Å². The molecule has 0 saturated heterocycles. The summed E-state index contributed by atoms with van der Waals surface area (Å²) in [6.45, 7) is 22.0. The first-order chi connectivity index (χ1) is 18.3. The van der Waals surface area contributed by atoms with Crippen LogP contribution in [0.15, 0.2) is 29.8 Å². The summed E-state index contributed by atoms with van der Waals surface area (Å²) in [4.78, 5) is 28.9. The molecule has 222 valence electrons. The fourth-order valence-corrected chi connectivity index (χ4v) is 3.89. The van der Waals surface area contributed by atoms with Gasteiger partial charge in [0, 0.05) is 39.9 Å². The van der Waals surface area contributed by atoms with E-state index in [0.717, 1.165) is 35.6 Å². The minimum absolute atomic E-state index is 0. The fourth-order valence-electron chi connectivity index (χ4n) is 3.89. The van der Waals surface area contributed by atoms with E-state index in [9.17, 15) is 9.59 Å². The summed E-state index contributed by atoms with van der Waals surface area (Å²) in [7, 11) is 3.59. The van der Waals surface area contributed by atoms with Crippen LogP contribution in [0.3, 0.4) is 0 Å². The van der Waals surface area contributed by atoms with E-state index < -0.39 is 5.60 Å². The molecule has 0 N–H and O–H groups in total. The average molecular weight is 546 g/mol. The van der Waals surface area contributed by atoms with Crippen LogP contribution in [0.2, 0.25) is 0 Å². The summed E-state index contributed by atoms with van der Waals surface area (Å²) in [6, 6.07) is 7.69. The summed E-state index contributed by atoms with van der Waals surface area (Å²) in [5.41, 5.74) is 2.20. The molecule has 0 saturated carbocycles. The highest BCUT2D eigenvalue weighted by Gasteiger charge is 2.25. The topological polar surface area (TPSA) is 80.6 Å². The zero-order valence-electron chi connectivity index (χ0n) is 26.8. The third kappa shape index (κ3) is 12.1. The molecule has 8 heteroatoms. The Balaban J connectivity index is 0. The number of rotatable bonds is 9. The molecule has 0 spiro atoms. The highest BCUT2D eigenvalue weighted by Crippen LogP contribution is 2.18. The van der Waals surface area contributed by atoms with Crippen LogP contribution < -0.4 is 0 Å². The highest BCUT2D eigenvalue weighted by atomic mass is 16.6. The quantitative estimate of drug-likeness (QED) is 0.328. The van der Waals surface area contributed by atoms with Gasteiger partial charge in [-0.1, -0.05) is 53.2 Å². The van der Waals surface area contributed by atoms with Crippen molar-refractivity contribution in [2.24, 2.45) is 0 Å². The number of amides is 2. The number of aryl methyl sites for hydroxylation is 2. The Hall–Kier alpha value is -3.16. The van der Waals surface area contributed by atoms with Gasteiger partial charge in [-0.25, -0.2) is 4.79 Å². The van der Waals surface area contributed by atoms with E-state index in [1.165, 1.54) is 0 Å². The number of benzene rings is 1. The van der Waals surface area contributed by atoms with Gasteiger partial charge in [0.2, 0.25) is 0 Å². The molecule has 2 amide bonds. The molecular formula is C31H55N5O3. The number of nitrogens with zero attached hydrogens (tertiary/aromatic N) is 5. The van der Waals surface area contributed by atoms with Crippen molar-refractivity contribution in [2.75, 3.05) is 20.6 Å². The van der Waals surface area contributed by atoms with Crippen molar-refractivity contribution in [3.05, 3.63) is 52.6 Å². The lowest BCUT2D eigenvalue weighted by atomic mass is 10.00. The predicted molar refractivity (Wildman–Crippen MR) is 164 cm³/mol. The zero-order valence-corrected chi connectivity index (χ0v) is 26.8. The maximum Gasteiger partial charge on any atom is 0.410 e. The zero-order chi connectivity index (χ0) is 30.3. The van der Waals surface area contributed by atoms with Gasteiger partial charge in [0.1, 0.15) is 17.2 Å². The standard InChI is InChI=1S/C27H41N5O3.2C2H6.H2/c1-10-11-24(31(9)26(34)35-27(5,6)7)16-22-12-14-23(15-13-22)25(33)30(8)17-19(2)18-32-20(3)28-29-21(32)4;2*1-2;/h12-15,18,24H,10-11,16-17H2,1-9H3;2*1-2H3;1H/b19-18+;;;/t24-;;;/m0.../s1. The van der Waals surface area contributed by atoms with Crippen molar-refractivity contribution in [2.45, 2.75) is 107 Å². The maximum atomic E-state index is 13.0. The molecule has 8 nitrogen and oxygen atoms in total. The third-order valence-electron chi connectivity index (χ3n) is 5.74. The Kier molecular flexibility index (Phi) is 16.0. The minimum atomic E-state index is -0.531. The van der Waals surface area contributed by atoms with Crippen LogP contribution in [0.1, 0.15) is 104 Å². The lowest BCUT2D eigenvalue weighted by molar-refractivity contribution is 0.0214. The van der Waals surface area contributed by atoms with Crippen LogP contribution in [0, 0.1) is 13.8 Å². The first-order valence-corrected chi connectivity index (χ1v) is 14.2. The van der Waals surface area contributed by atoms with E-state index in [1.807, 2.05) is 104 Å². The lowest BCUT2D eigenvalue weighted by Crippen LogP contribution is -2.41. The van der Waals surface area contributed by atoms with Crippen LogP contribution in [0.4, 0.5) is 4.79 Å². The predicted octanol–water partition coefficient (Wildman–Crippen LogP) is 7.40. The summed E-state index contributed by atoms with van der Waals surface area (Å²) in [5, 5.41) is 8.13. The van der Waals surface area contributed by atoms with Gasteiger partial charge < -0.3 is 14.5 Å². The number of likely N-dealkylation sites (N-methyl/N-ethyl adjacent to an activating group) is 2. The maximum absolute atomic E-state index is 13.0. The minimum Gasteiger partial charge on any atom is -0.444 e. The van der Waals surface area contributed by atoms with Crippen molar-refractivity contribution in [1.29, 1.82) is 0 Å². The first-order valence-electron chi connectivity index (χ1n) is 14.2. The number of carbonyl (C=O) groups is 2. The molecule has 1 heterocycles. The molecule has 0 aliphatic rings. The molecule has 1 aromatic heterocycles. The van der Waals surface area contributed by atoms with Crippen LogP contribution in [0.5, 0.6) is 0 Å². The van der Waals surface area contributed by atoms with E-state index >= 15 is 0 Å². The average Bonchev–Trinajstić information content (AvgIpc) is 3.21. The molecule has 39 heavy (non-hydrogen) atoms. The van der Waals surface area contributed by atoms with E-state index in [0.29, 0.717) is 18.5 Å². The summed E-state index contributed by atoms with van der Waals surface area (Å²) in [6.07, 6.45) is 4.18. The Morgan fingerprint density at radius 3 is 2.00 bits per heavy atom. The fraction of sp³-hybridized carbons (Fsp3) is 0.613. The smallest absolute Gasteiger partial charge is 0.410 e. The van der Waals surface area contributed by atoms with Crippen LogP contribution >= 0.6 is 0 Å². The van der Waals surface area contributed by atoms with Crippen LogP contribution in [-0.4, -0.2) is 68.8 Å².